The molecule has 0 saturated carbocycles. The third-order valence-corrected chi connectivity index (χ3v) is 2.16. The van der Waals surface area contributed by atoms with Crippen molar-refractivity contribution >= 4 is 23.4 Å². The Bertz CT molecular complexity index is 489. The molecule has 19 heavy (non-hydrogen) atoms. The predicted molar refractivity (Wildman–Crippen MR) is 66.8 cm³/mol. The van der Waals surface area contributed by atoms with Crippen molar-refractivity contribution in [3.63, 3.8) is 0 Å². The van der Waals surface area contributed by atoms with Gasteiger partial charge in [-0.05, 0) is 6.07 Å². The van der Waals surface area contributed by atoms with E-state index in [-0.39, 0.29) is 18.7 Å². The van der Waals surface area contributed by atoms with Crippen molar-refractivity contribution in [2.24, 2.45) is 0 Å². The molecule has 0 atom stereocenters. The Morgan fingerprint density at radius 1 is 1.42 bits per heavy atom. The van der Waals surface area contributed by atoms with Crippen molar-refractivity contribution in [1.82, 2.24) is 5.32 Å². The van der Waals surface area contributed by atoms with Gasteiger partial charge in [-0.1, -0.05) is 6.07 Å². The summed E-state index contributed by atoms with van der Waals surface area (Å²) in [5, 5.41) is 15.4. The zero-order valence-electron chi connectivity index (χ0n) is 10.2. The number of hydrogen-bond acceptors (Lipinski definition) is 5. The fraction of sp³-hybridized carbons (Fsp3) is 0.273. The van der Waals surface area contributed by atoms with Gasteiger partial charge >= 0.3 is 12.0 Å². The summed E-state index contributed by atoms with van der Waals surface area (Å²) in [7, 11) is 1.26. The van der Waals surface area contributed by atoms with E-state index in [9.17, 15) is 19.7 Å². The summed E-state index contributed by atoms with van der Waals surface area (Å²) in [6, 6.07) is 4.99. The fourth-order valence-electron chi connectivity index (χ4n) is 1.25. The highest BCUT2D eigenvalue weighted by Gasteiger charge is 2.08. The standard InChI is InChI=1S/C11H13N3O5/c1-19-10(15)5-6-12-11(16)13-8-3-2-4-9(7-8)14(17)18/h2-4,7H,5-6H2,1H3,(H2,12,13,16). The van der Waals surface area contributed by atoms with E-state index in [1.165, 1.54) is 31.4 Å². The number of methoxy groups -OCH3 is 1. The van der Waals surface area contributed by atoms with Crippen LogP contribution in [-0.4, -0.2) is 30.6 Å². The summed E-state index contributed by atoms with van der Waals surface area (Å²) in [6.07, 6.45) is 0.0544. The molecule has 8 nitrogen and oxygen atoms in total. The van der Waals surface area contributed by atoms with Crippen LogP contribution >= 0.6 is 0 Å². The van der Waals surface area contributed by atoms with Gasteiger partial charge in [-0.25, -0.2) is 4.79 Å². The van der Waals surface area contributed by atoms with E-state index in [0.717, 1.165) is 0 Å². The number of urea groups is 1. The average Bonchev–Trinajstić information content (AvgIpc) is 2.38. The Balaban J connectivity index is 2.46. The largest absolute Gasteiger partial charge is 0.469 e. The predicted octanol–water partition coefficient (Wildman–Crippen LogP) is 1.28. The van der Waals surface area contributed by atoms with Crippen LogP contribution in [0.25, 0.3) is 0 Å². The SMILES string of the molecule is COC(=O)CCNC(=O)Nc1cccc([N+](=O)[O-])c1. The topological polar surface area (TPSA) is 111 Å². The van der Waals surface area contributed by atoms with Gasteiger partial charge in [-0.3, -0.25) is 14.9 Å². The first kappa shape index (κ1) is 14.4. The molecule has 1 aromatic rings. The molecule has 0 radical (unpaired) electrons. The molecule has 0 heterocycles. The molecule has 0 aliphatic heterocycles. The van der Waals surface area contributed by atoms with E-state index in [4.69, 9.17) is 0 Å². The molecule has 0 saturated heterocycles. The van der Waals surface area contributed by atoms with Gasteiger partial charge in [-0.2, -0.15) is 0 Å². The zero-order valence-corrected chi connectivity index (χ0v) is 10.2. The minimum atomic E-state index is -0.555. The Morgan fingerprint density at radius 3 is 2.79 bits per heavy atom. The summed E-state index contributed by atoms with van der Waals surface area (Å²) in [6.45, 7) is 0.118. The van der Waals surface area contributed by atoms with Crippen LogP contribution in [0.4, 0.5) is 16.2 Å². The first-order chi connectivity index (χ1) is 9.02. The van der Waals surface area contributed by atoms with E-state index in [1.54, 1.807) is 0 Å². The number of hydrogen-bond donors (Lipinski definition) is 2. The van der Waals surface area contributed by atoms with Crippen molar-refractivity contribution in [3.05, 3.63) is 34.4 Å². The molecule has 1 aromatic carbocycles. The second-order valence-corrected chi connectivity index (χ2v) is 3.51. The van der Waals surface area contributed by atoms with Gasteiger partial charge in [-0.15, -0.1) is 0 Å². The van der Waals surface area contributed by atoms with E-state index in [0.29, 0.717) is 5.69 Å². The van der Waals surface area contributed by atoms with E-state index < -0.39 is 16.9 Å². The first-order valence-corrected chi connectivity index (χ1v) is 5.39. The molecular formula is C11H13N3O5. The quantitative estimate of drug-likeness (QED) is 0.474. The molecular weight excluding hydrogens is 254 g/mol. The molecule has 2 amide bonds. The number of carbonyl (C=O) groups excluding carboxylic acids is 2. The molecule has 1 rings (SSSR count). The average molecular weight is 267 g/mol. The molecule has 0 bridgehead atoms. The number of rotatable bonds is 5. The van der Waals surface area contributed by atoms with Gasteiger partial charge < -0.3 is 15.4 Å². The zero-order chi connectivity index (χ0) is 14.3. The lowest BCUT2D eigenvalue weighted by atomic mass is 10.3. The monoisotopic (exact) mass is 267 g/mol. The maximum absolute atomic E-state index is 11.4. The lowest BCUT2D eigenvalue weighted by Gasteiger charge is -2.06. The molecule has 0 fully saturated rings. The number of carbonyl (C=O) groups is 2. The Kier molecular flexibility index (Phi) is 5.27. The molecule has 0 aromatic heterocycles. The maximum Gasteiger partial charge on any atom is 0.319 e. The van der Waals surface area contributed by atoms with Gasteiger partial charge in [0.1, 0.15) is 0 Å². The minimum Gasteiger partial charge on any atom is -0.469 e. The highest BCUT2D eigenvalue weighted by atomic mass is 16.6. The number of nitrogens with one attached hydrogen (secondary N) is 2. The fourth-order valence-corrected chi connectivity index (χ4v) is 1.25. The number of amides is 2. The summed E-state index contributed by atoms with van der Waals surface area (Å²) < 4.78 is 4.41. The normalized spacial score (nSPS) is 9.53. The molecule has 102 valence electrons. The molecule has 0 aliphatic carbocycles. The third kappa shape index (κ3) is 5.02. The van der Waals surface area contributed by atoms with Crippen molar-refractivity contribution in [2.45, 2.75) is 6.42 Å². The van der Waals surface area contributed by atoms with Crippen LogP contribution in [0, 0.1) is 10.1 Å². The third-order valence-electron chi connectivity index (χ3n) is 2.16. The minimum absolute atomic E-state index is 0.0544. The van der Waals surface area contributed by atoms with Crippen LogP contribution in [0.3, 0.4) is 0 Å². The lowest BCUT2D eigenvalue weighted by molar-refractivity contribution is -0.384. The number of benzene rings is 1. The van der Waals surface area contributed by atoms with Crippen molar-refractivity contribution in [1.29, 1.82) is 0 Å². The van der Waals surface area contributed by atoms with Crippen LogP contribution in [0.2, 0.25) is 0 Å². The lowest BCUT2D eigenvalue weighted by Crippen LogP contribution is -2.30. The molecule has 0 spiro atoms. The summed E-state index contributed by atoms with van der Waals surface area (Å²) in [5.41, 5.74) is 0.178. The van der Waals surface area contributed by atoms with Crippen LogP contribution < -0.4 is 10.6 Å². The highest BCUT2D eigenvalue weighted by molar-refractivity contribution is 5.89. The van der Waals surface area contributed by atoms with Gasteiger partial charge in [0.2, 0.25) is 0 Å². The van der Waals surface area contributed by atoms with Gasteiger partial charge in [0, 0.05) is 24.4 Å². The summed E-state index contributed by atoms with van der Waals surface area (Å²) in [5.74, 6) is -0.435. The number of anilines is 1. The van der Waals surface area contributed by atoms with E-state index >= 15 is 0 Å². The summed E-state index contributed by atoms with van der Waals surface area (Å²) in [4.78, 5) is 32.2. The number of esters is 1. The van der Waals surface area contributed by atoms with Crippen molar-refractivity contribution in [3.8, 4) is 0 Å². The van der Waals surface area contributed by atoms with Crippen LogP contribution in [0.1, 0.15) is 6.42 Å². The van der Waals surface area contributed by atoms with Crippen molar-refractivity contribution in [2.75, 3.05) is 19.0 Å². The number of ether oxygens (including phenoxy) is 1. The molecule has 2 N–H and O–H groups in total. The van der Waals surface area contributed by atoms with Gasteiger partial charge in [0.15, 0.2) is 0 Å². The number of non-ortho nitro benzene ring substituents is 1. The van der Waals surface area contributed by atoms with E-state index in [2.05, 4.69) is 15.4 Å². The highest BCUT2D eigenvalue weighted by Crippen LogP contribution is 2.16. The van der Waals surface area contributed by atoms with Crippen molar-refractivity contribution < 1.29 is 19.2 Å². The number of nitro groups is 1. The number of nitro benzene ring substituents is 1. The first-order valence-electron chi connectivity index (χ1n) is 5.39. The second-order valence-electron chi connectivity index (χ2n) is 3.51. The van der Waals surface area contributed by atoms with Gasteiger partial charge in [0.05, 0.1) is 18.5 Å². The Morgan fingerprint density at radius 2 is 2.16 bits per heavy atom. The number of nitrogens with zero attached hydrogens (tertiary/aromatic N) is 1. The van der Waals surface area contributed by atoms with E-state index in [1.807, 2.05) is 0 Å². The molecule has 8 heteroatoms. The second kappa shape index (κ2) is 6.94. The molecule has 0 unspecified atom stereocenters. The van der Waals surface area contributed by atoms with Crippen LogP contribution in [-0.2, 0) is 9.53 Å². The van der Waals surface area contributed by atoms with Gasteiger partial charge in [0.25, 0.3) is 5.69 Å². The van der Waals surface area contributed by atoms with Crippen LogP contribution in [0.5, 0.6) is 0 Å². The summed E-state index contributed by atoms with van der Waals surface area (Å²) >= 11 is 0. The molecule has 0 aliphatic rings. The maximum atomic E-state index is 11.4. The smallest absolute Gasteiger partial charge is 0.319 e. The van der Waals surface area contributed by atoms with Crippen LogP contribution in [0.15, 0.2) is 24.3 Å². The Hall–Kier alpha value is -2.64. The Labute approximate surface area is 108 Å².